The maximum atomic E-state index is 12.5. The molecule has 3 aliphatic rings. The lowest BCUT2D eigenvalue weighted by Crippen LogP contribution is -2.46. The van der Waals surface area contributed by atoms with Gasteiger partial charge in [0, 0.05) is 13.1 Å². The number of nitrogens with zero attached hydrogens (tertiary/aromatic N) is 1. The van der Waals surface area contributed by atoms with Crippen LogP contribution in [0.3, 0.4) is 0 Å². The Balaban J connectivity index is 1.65. The van der Waals surface area contributed by atoms with Gasteiger partial charge in [0.2, 0.25) is 5.91 Å². The summed E-state index contributed by atoms with van der Waals surface area (Å²) in [6.45, 7) is 4.29. The molecule has 0 aromatic carbocycles. The molecule has 0 spiro atoms. The van der Waals surface area contributed by atoms with Crippen molar-refractivity contribution in [3.8, 4) is 0 Å². The minimum Gasteiger partial charge on any atom is -0.341 e. The van der Waals surface area contributed by atoms with E-state index in [9.17, 15) is 4.79 Å². The van der Waals surface area contributed by atoms with Crippen molar-refractivity contribution in [2.24, 2.45) is 23.7 Å². The van der Waals surface area contributed by atoms with Crippen molar-refractivity contribution in [2.45, 2.75) is 45.1 Å². The number of nitrogens with one attached hydrogen (secondary N) is 1. The average Bonchev–Trinajstić information content (AvgIpc) is 3.06. The van der Waals surface area contributed by atoms with E-state index in [1.807, 2.05) is 7.05 Å². The van der Waals surface area contributed by atoms with E-state index in [2.05, 4.69) is 17.1 Å². The van der Waals surface area contributed by atoms with Crippen molar-refractivity contribution in [1.29, 1.82) is 0 Å². The normalized spacial score (nSPS) is 43.8. The third-order valence-electron chi connectivity index (χ3n) is 5.38. The molecule has 0 aromatic rings. The molecular weight excluding hydrogens is 224 g/mol. The van der Waals surface area contributed by atoms with Gasteiger partial charge in [0.05, 0.1) is 6.04 Å². The molecule has 1 heterocycles. The number of likely N-dealkylation sites (tertiary alicyclic amines) is 1. The topological polar surface area (TPSA) is 32.3 Å². The number of carbonyl (C=O) groups is 1. The summed E-state index contributed by atoms with van der Waals surface area (Å²) in [5.74, 6) is 3.80. The lowest BCUT2D eigenvalue weighted by molar-refractivity contribution is -0.133. The SMILES string of the molecule is CNC1CCC(C)CN(CC2CCC3CC32)C1=O. The van der Waals surface area contributed by atoms with Crippen molar-refractivity contribution in [2.75, 3.05) is 20.1 Å². The van der Waals surface area contributed by atoms with E-state index < -0.39 is 0 Å². The van der Waals surface area contributed by atoms with Crippen LogP contribution < -0.4 is 5.32 Å². The zero-order valence-electron chi connectivity index (χ0n) is 11.7. The lowest BCUT2D eigenvalue weighted by Gasteiger charge is -2.28. The van der Waals surface area contributed by atoms with Crippen molar-refractivity contribution < 1.29 is 4.79 Å². The maximum Gasteiger partial charge on any atom is 0.239 e. The van der Waals surface area contributed by atoms with Crippen LogP contribution in [-0.2, 0) is 4.79 Å². The van der Waals surface area contributed by atoms with Crippen LogP contribution in [0.15, 0.2) is 0 Å². The second kappa shape index (κ2) is 4.84. The Morgan fingerprint density at radius 2 is 2.11 bits per heavy atom. The Bertz CT molecular complexity index is 330. The molecule has 3 heteroatoms. The van der Waals surface area contributed by atoms with Crippen LogP contribution in [0.5, 0.6) is 0 Å². The van der Waals surface area contributed by atoms with Gasteiger partial charge < -0.3 is 10.2 Å². The molecule has 2 saturated carbocycles. The van der Waals surface area contributed by atoms with Crippen LogP contribution in [0, 0.1) is 23.7 Å². The maximum absolute atomic E-state index is 12.5. The number of carbonyl (C=O) groups excluding carboxylic acids is 1. The number of rotatable bonds is 3. The third-order valence-corrected chi connectivity index (χ3v) is 5.38. The monoisotopic (exact) mass is 250 g/mol. The highest BCUT2D eigenvalue weighted by molar-refractivity contribution is 5.82. The molecule has 3 fully saturated rings. The number of amides is 1. The van der Waals surface area contributed by atoms with Gasteiger partial charge in [-0.3, -0.25) is 4.79 Å². The molecule has 5 unspecified atom stereocenters. The van der Waals surface area contributed by atoms with Crippen LogP contribution in [0.25, 0.3) is 0 Å². The fourth-order valence-corrected chi connectivity index (χ4v) is 4.12. The van der Waals surface area contributed by atoms with Crippen LogP contribution >= 0.6 is 0 Å². The van der Waals surface area contributed by atoms with E-state index in [1.165, 1.54) is 25.7 Å². The molecule has 0 radical (unpaired) electrons. The van der Waals surface area contributed by atoms with E-state index in [0.29, 0.717) is 11.8 Å². The smallest absolute Gasteiger partial charge is 0.239 e. The minimum absolute atomic E-state index is 0.0614. The molecule has 1 saturated heterocycles. The molecule has 1 amide bonds. The van der Waals surface area contributed by atoms with Crippen molar-refractivity contribution in [3.63, 3.8) is 0 Å². The number of likely N-dealkylation sites (N-methyl/N-ethyl adjacent to an activating group) is 1. The fourth-order valence-electron chi connectivity index (χ4n) is 4.12. The quantitative estimate of drug-likeness (QED) is 0.829. The van der Waals surface area contributed by atoms with E-state index in [4.69, 9.17) is 0 Å². The van der Waals surface area contributed by atoms with Crippen LogP contribution in [0.4, 0.5) is 0 Å². The van der Waals surface area contributed by atoms with Crippen LogP contribution in [0.1, 0.15) is 39.0 Å². The van der Waals surface area contributed by atoms with Crippen molar-refractivity contribution >= 4 is 5.91 Å². The van der Waals surface area contributed by atoms with Gasteiger partial charge in [0.15, 0.2) is 0 Å². The van der Waals surface area contributed by atoms with E-state index in [0.717, 1.165) is 37.3 Å². The predicted molar refractivity (Wildman–Crippen MR) is 72.1 cm³/mol. The average molecular weight is 250 g/mol. The predicted octanol–water partition coefficient (Wildman–Crippen LogP) is 1.88. The number of fused-ring (bicyclic) bond motifs is 1. The number of hydrogen-bond donors (Lipinski definition) is 1. The van der Waals surface area contributed by atoms with E-state index in [1.54, 1.807) is 0 Å². The summed E-state index contributed by atoms with van der Waals surface area (Å²) in [4.78, 5) is 14.7. The van der Waals surface area contributed by atoms with E-state index >= 15 is 0 Å². The standard InChI is InChI=1S/C15H26N2O/c1-10-3-6-14(16-2)15(18)17(8-10)9-12-5-4-11-7-13(11)12/h10-14,16H,3-9H2,1-2H3. The fraction of sp³-hybridized carbons (Fsp3) is 0.933. The minimum atomic E-state index is 0.0614. The van der Waals surface area contributed by atoms with Gasteiger partial charge in [-0.2, -0.15) is 0 Å². The molecular formula is C15H26N2O. The van der Waals surface area contributed by atoms with Gasteiger partial charge >= 0.3 is 0 Å². The molecule has 5 atom stereocenters. The molecule has 0 aromatic heterocycles. The van der Waals surface area contributed by atoms with Gasteiger partial charge in [0.1, 0.15) is 0 Å². The Kier molecular flexibility index (Phi) is 3.35. The first kappa shape index (κ1) is 12.5. The Morgan fingerprint density at radius 1 is 1.28 bits per heavy atom. The molecule has 102 valence electrons. The summed E-state index contributed by atoms with van der Waals surface area (Å²) in [6.07, 6.45) is 6.39. The zero-order chi connectivity index (χ0) is 12.7. The Hall–Kier alpha value is -0.570. The van der Waals surface area contributed by atoms with Crippen LogP contribution in [0.2, 0.25) is 0 Å². The first-order valence-electron chi connectivity index (χ1n) is 7.65. The zero-order valence-corrected chi connectivity index (χ0v) is 11.7. The van der Waals surface area contributed by atoms with Crippen LogP contribution in [-0.4, -0.2) is 37.0 Å². The molecule has 3 nitrogen and oxygen atoms in total. The van der Waals surface area contributed by atoms with Gasteiger partial charge in [-0.05, 0) is 62.8 Å². The summed E-state index contributed by atoms with van der Waals surface area (Å²) in [5, 5.41) is 3.20. The van der Waals surface area contributed by atoms with Crippen molar-refractivity contribution in [3.05, 3.63) is 0 Å². The highest BCUT2D eigenvalue weighted by Crippen LogP contribution is 2.55. The molecule has 0 bridgehead atoms. The molecule has 2 aliphatic carbocycles. The highest BCUT2D eigenvalue weighted by atomic mass is 16.2. The summed E-state index contributed by atoms with van der Waals surface area (Å²) >= 11 is 0. The molecule has 1 N–H and O–H groups in total. The Morgan fingerprint density at radius 3 is 2.72 bits per heavy atom. The summed E-state index contributed by atoms with van der Waals surface area (Å²) in [7, 11) is 1.92. The summed E-state index contributed by atoms with van der Waals surface area (Å²) in [6, 6.07) is 0.0614. The number of hydrogen-bond acceptors (Lipinski definition) is 2. The summed E-state index contributed by atoms with van der Waals surface area (Å²) in [5.41, 5.74) is 0. The van der Waals surface area contributed by atoms with E-state index in [-0.39, 0.29) is 6.04 Å². The molecule has 3 rings (SSSR count). The van der Waals surface area contributed by atoms with Gasteiger partial charge in [-0.1, -0.05) is 6.92 Å². The van der Waals surface area contributed by atoms with Crippen molar-refractivity contribution in [1.82, 2.24) is 10.2 Å². The second-order valence-corrected chi connectivity index (χ2v) is 6.76. The highest BCUT2D eigenvalue weighted by Gasteiger charge is 2.48. The summed E-state index contributed by atoms with van der Waals surface area (Å²) < 4.78 is 0. The van der Waals surface area contributed by atoms with Gasteiger partial charge in [0.25, 0.3) is 0 Å². The first-order chi connectivity index (χ1) is 8.69. The second-order valence-electron chi connectivity index (χ2n) is 6.76. The van der Waals surface area contributed by atoms with Gasteiger partial charge in [-0.25, -0.2) is 0 Å². The molecule has 1 aliphatic heterocycles. The molecule has 18 heavy (non-hydrogen) atoms. The Labute approximate surface area is 110 Å². The third kappa shape index (κ3) is 2.29. The first-order valence-corrected chi connectivity index (χ1v) is 7.65. The largest absolute Gasteiger partial charge is 0.341 e. The lowest BCUT2D eigenvalue weighted by atomic mass is 10.0. The van der Waals surface area contributed by atoms with Gasteiger partial charge in [-0.15, -0.1) is 0 Å².